The number of methoxy groups -OCH3 is 1. The molecule has 1 saturated heterocycles. The second kappa shape index (κ2) is 7.82. The molecule has 2 N–H and O–H groups in total. The van der Waals surface area contributed by atoms with Gasteiger partial charge in [-0.3, -0.25) is 9.69 Å². The van der Waals surface area contributed by atoms with Gasteiger partial charge in [0.15, 0.2) is 0 Å². The SMILES string of the molecule is COC(=O)C(NC(=O)N1CCN(CC(=O)O)CC1)C(C)C. The molecule has 2 amide bonds. The van der Waals surface area contributed by atoms with Crippen molar-refractivity contribution in [1.29, 1.82) is 0 Å². The Morgan fingerprint density at radius 2 is 1.76 bits per heavy atom. The average molecular weight is 301 g/mol. The van der Waals surface area contributed by atoms with Gasteiger partial charge in [0.25, 0.3) is 0 Å². The van der Waals surface area contributed by atoms with Crippen LogP contribution in [-0.4, -0.2) is 78.8 Å². The van der Waals surface area contributed by atoms with Gasteiger partial charge in [-0.05, 0) is 5.92 Å². The fourth-order valence-electron chi connectivity index (χ4n) is 2.15. The number of hydrogen-bond acceptors (Lipinski definition) is 5. The van der Waals surface area contributed by atoms with Crippen molar-refractivity contribution in [3.05, 3.63) is 0 Å². The lowest BCUT2D eigenvalue weighted by atomic mass is 10.1. The van der Waals surface area contributed by atoms with Crippen LogP contribution in [0.4, 0.5) is 4.79 Å². The van der Waals surface area contributed by atoms with E-state index < -0.39 is 18.0 Å². The summed E-state index contributed by atoms with van der Waals surface area (Å²) in [6.07, 6.45) is 0. The number of urea groups is 1. The predicted octanol–water partition coefficient (Wildman–Crippen LogP) is -0.404. The van der Waals surface area contributed by atoms with Crippen LogP contribution in [0.3, 0.4) is 0 Å². The van der Waals surface area contributed by atoms with Crippen LogP contribution in [0.5, 0.6) is 0 Å². The molecule has 0 aromatic rings. The first-order valence-corrected chi connectivity index (χ1v) is 6.92. The van der Waals surface area contributed by atoms with E-state index in [1.807, 2.05) is 13.8 Å². The summed E-state index contributed by atoms with van der Waals surface area (Å²) in [5.74, 6) is -1.42. The third kappa shape index (κ3) is 5.22. The van der Waals surface area contributed by atoms with Crippen LogP contribution >= 0.6 is 0 Å². The quantitative estimate of drug-likeness (QED) is 0.670. The number of rotatable bonds is 5. The van der Waals surface area contributed by atoms with Gasteiger partial charge in [0.2, 0.25) is 0 Å². The number of esters is 1. The topological polar surface area (TPSA) is 99.2 Å². The minimum atomic E-state index is -0.876. The molecule has 0 spiro atoms. The van der Waals surface area contributed by atoms with Gasteiger partial charge in [-0.2, -0.15) is 0 Å². The van der Waals surface area contributed by atoms with E-state index in [1.54, 1.807) is 9.80 Å². The maximum atomic E-state index is 12.1. The molecule has 0 radical (unpaired) electrons. The van der Waals surface area contributed by atoms with Crippen molar-refractivity contribution in [3.63, 3.8) is 0 Å². The maximum absolute atomic E-state index is 12.1. The van der Waals surface area contributed by atoms with Crippen LogP contribution in [0.1, 0.15) is 13.8 Å². The molecule has 1 heterocycles. The highest BCUT2D eigenvalue weighted by molar-refractivity contribution is 5.83. The highest BCUT2D eigenvalue weighted by atomic mass is 16.5. The highest BCUT2D eigenvalue weighted by Gasteiger charge is 2.28. The Kier molecular flexibility index (Phi) is 6.41. The lowest BCUT2D eigenvalue weighted by molar-refractivity contribution is -0.144. The molecule has 0 aromatic carbocycles. The van der Waals surface area contributed by atoms with E-state index in [9.17, 15) is 14.4 Å². The van der Waals surface area contributed by atoms with Crippen molar-refractivity contribution < 1.29 is 24.2 Å². The van der Waals surface area contributed by atoms with Gasteiger partial charge in [0.1, 0.15) is 6.04 Å². The van der Waals surface area contributed by atoms with Crippen LogP contribution in [0.25, 0.3) is 0 Å². The molecule has 8 heteroatoms. The van der Waals surface area contributed by atoms with Crippen molar-refractivity contribution in [2.75, 3.05) is 39.8 Å². The molecule has 0 saturated carbocycles. The van der Waals surface area contributed by atoms with Gasteiger partial charge in [0.05, 0.1) is 13.7 Å². The molecule has 1 rings (SSSR count). The van der Waals surface area contributed by atoms with Crippen molar-refractivity contribution in [2.45, 2.75) is 19.9 Å². The largest absolute Gasteiger partial charge is 0.480 e. The number of carbonyl (C=O) groups excluding carboxylic acids is 2. The van der Waals surface area contributed by atoms with Crippen molar-refractivity contribution >= 4 is 18.0 Å². The summed E-state index contributed by atoms with van der Waals surface area (Å²) < 4.78 is 4.68. The summed E-state index contributed by atoms with van der Waals surface area (Å²) in [7, 11) is 1.29. The van der Waals surface area contributed by atoms with Gasteiger partial charge < -0.3 is 20.1 Å². The third-order valence-electron chi connectivity index (χ3n) is 3.42. The van der Waals surface area contributed by atoms with E-state index in [1.165, 1.54) is 7.11 Å². The Morgan fingerprint density at radius 1 is 1.19 bits per heavy atom. The molecule has 1 fully saturated rings. The van der Waals surface area contributed by atoms with Crippen molar-refractivity contribution in [1.82, 2.24) is 15.1 Å². The van der Waals surface area contributed by atoms with Crippen molar-refractivity contribution in [3.8, 4) is 0 Å². The van der Waals surface area contributed by atoms with Crippen LogP contribution in [-0.2, 0) is 14.3 Å². The smallest absolute Gasteiger partial charge is 0.328 e. The first-order valence-electron chi connectivity index (χ1n) is 6.92. The number of carbonyl (C=O) groups is 3. The van der Waals surface area contributed by atoms with E-state index >= 15 is 0 Å². The van der Waals surface area contributed by atoms with Crippen LogP contribution in [0.15, 0.2) is 0 Å². The zero-order valence-corrected chi connectivity index (χ0v) is 12.7. The second-order valence-electron chi connectivity index (χ2n) is 5.35. The summed E-state index contributed by atoms with van der Waals surface area (Å²) in [6, 6.07) is -1.01. The van der Waals surface area contributed by atoms with Crippen LogP contribution in [0.2, 0.25) is 0 Å². The average Bonchev–Trinajstić information content (AvgIpc) is 2.43. The molecule has 1 aliphatic heterocycles. The van der Waals surface area contributed by atoms with Crippen LogP contribution in [0, 0.1) is 5.92 Å². The maximum Gasteiger partial charge on any atom is 0.328 e. The molecular weight excluding hydrogens is 278 g/mol. The van der Waals surface area contributed by atoms with Crippen LogP contribution < -0.4 is 5.32 Å². The van der Waals surface area contributed by atoms with E-state index in [-0.39, 0.29) is 18.5 Å². The first-order chi connectivity index (χ1) is 9.85. The zero-order chi connectivity index (χ0) is 16.0. The summed E-state index contributed by atoms with van der Waals surface area (Å²) in [6.45, 7) is 5.51. The van der Waals surface area contributed by atoms with E-state index in [0.29, 0.717) is 26.2 Å². The third-order valence-corrected chi connectivity index (χ3v) is 3.42. The zero-order valence-electron chi connectivity index (χ0n) is 12.7. The first kappa shape index (κ1) is 17.2. The molecule has 1 aliphatic rings. The molecule has 0 aliphatic carbocycles. The number of piperazine rings is 1. The van der Waals surface area contributed by atoms with Gasteiger partial charge in [-0.25, -0.2) is 9.59 Å². The van der Waals surface area contributed by atoms with E-state index in [4.69, 9.17) is 5.11 Å². The lowest BCUT2D eigenvalue weighted by Gasteiger charge is -2.34. The molecule has 1 unspecified atom stereocenters. The van der Waals surface area contributed by atoms with Crippen molar-refractivity contribution in [2.24, 2.45) is 5.92 Å². The Hall–Kier alpha value is -1.83. The Balaban J connectivity index is 2.49. The van der Waals surface area contributed by atoms with Gasteiger partial charge in [0, 0.05) is 26.2 Å². The molecule has 120 valence electrons. The molecular formula is C13H23N3O5. The van der Waals surface area contributed by atoms with Gasteiger partial charge in [-0.1, -0.05) is 13.8 Å². The fourth-order valence-corrected chi connectivity index (χ4v) is 2.15. The van der Waals surface area contributed by atoms with E-state index in [2.05, 4.69) is 10.1 Å². The number of carboxylic acids is 1. The number of ether oxygens (including phenoxy) is 1. The fraction of sp³-hybridized carbons (Fsp3) is 0.769. The van der Waals surface area contributed by atoms with Gasteiger partial charge >= 0.3 is 18.0 Å². The number of aliphatic carboxylic acids is 1. The number of nitrogens with one attached hydrogen (secondary N) is 1. The predicted molar refractivity (Wildman–Crippen MR) is 74.8 cm³/mol. The Labute approximate surface area is 124 Å². The summed E-state index contributed by atoms with van der Waals surface area (Å²) in [5.41, 5.74) is 0. The molecule has 8 nitrogen and oxygen atoms in total. The summed E-state index contributed by atoms with van der Waals surface area (Å²) in [5, 5.41) is 11.4. The number of nitrogens with zero attached hydrogens (tertiary/aromatic N) is 2. The molecule has 0 bridgehead atoms. The Morgan fingerprint density at radius 3 is 2.19 bits per heavy atom. The second-order valence-corrected chi connectivity index (χ2v) is 5.35. The van der Waals surface area contributed by atoms with E-state index in [0.717, 1.165) is 0 Å². The number of hydrogen-bond donors (Lipinski definition) is 2. The summed E-state index contributed by atoms with van der Waals surface area (Å²) in [4.78, 5) is 37.7. The standard InChI is InChI=1S/C13H23N3O5/c1-9(2)11(12(19)21-3)14-13(20)16-6-4-15(5-7-16)8-10(17)18/h9,11H,4-8H2,1-3H3,(H,14,20)(H,17,18). The molecule has 21 heavy (non-hydrogen) atoms. The lowest BCUT2D eigenvalue weighted by Crippen LogP contribution is -2.56. The highest BCUT2D eigenvalue weighted by Crippen LogP contribution is 2.07. The normalized spacial score (nSPS) is 17.4. The number of carboxylic acid groups (broad SMARTS) is 1. The molecule has 1 atom stereocenters. The van der Waals surface area contributed by atoms with Gasteiger partial charge in [-0.15, -0.1) is 0 Å². The Bertz CT molecular complexity index is 391. The minimum Gasteiger partial charge on any atom is -0.480 e. The molecule has 0 aromatic heterocycles. The minimum absolute atomic E-state index is 0.0216. The summed E-state index contributed by atoms with van der Waals surface area (Å²) >= 11 is 0. The monoisotopic (exact) mass is 301 g/mol. The number of amides is 2.